The predicted octanol–water partition coefficient (Wildman–Crippen LogP) is 0.367. The van der Waals surface area contributed by atoms with E-state index >= 15 is 0 Å². The van der Waals surface area contributed by atoms with Gasteiger partial charge in [0.2, 0.25) is 0 Å². The maximum Gasteiger partial charge on any atom is 0.262 e. The molecule has 2 aliphatic heterocycles. The highest BCUT2D eigenvalue weighted by molar-refractivity contribution is 7.89. The molecule has 0 bridgehead atoms. The van der Waals surface area contributed by atoms with Crippen LogP contribution in [-0.2, 0) is 17.1 Å². The summed E-state index contributed by atoms with van der Waals surface area (Å²) < 4.78 is 27.5. The third-order valence-electron chi connectivity index (χ3n) is 3.19. The van der Waals surface area contributed by atoms with E-state index in [-0.39, 0.29) is 10.7 Å². The molecule has 0 unspecified atom stereocenters. The first-order chi connectivity index (χ1) is 8.02. The Hall–Kier alpha value is -1.28. The van der Waals surface area contributed by atoms with Gasteiger partial charge in [-0.15, -0.1) is 0 Å². The Morgan fingerprint density at radius 2 is 1.94 bits per heavy atom. The zero-order valence-electron chi connectivity index (χ0n) is 9.44. The number of rotatable bonds is 2. The van der Waals surface area contributed by atoms with E-state index < -0.39 is 10.0 Å². The van der Waals surface area contributed by atoms with Crippen LogP contribution in [0.2, 0.25) is 0 Å². The highest BCUT2D eigenvalue weighted by Gasteiger charge is 2.45. The van der Waals surface area contributed by atoms with Gasteiger partial charge >= 0.3 is 0 Å². The van der Waals surface area contributed by atoms with Crippen molar-refractivity contribution in [2.45, 2.75) is 23.5 Å². The van der Waals surface area contributed by atoms with E-state index in [2.05, 4.69) is 15.2 Å². The van der Waals surface area contributed by atoms with Gasteiger partial charge in [0.15, 0.2) is 10.7 Å². The lowest BCUT2D eigenvalue weighted by Gasteiger charge is -2.27. The van der Waals surface area contributed by atoms with E-state index in [0.717, 1.165) is 0 Å². The largest absolute Gasteiger partial charge is 0.339 e. The Labute approximate surface area is 99.2 Å². The zero-order valence-corrected chi connectivity index (χ0v) is 10.3. The molecule has 17 heavy (non-hydrogen) atoms. The summed E-state index contributed by atoms with van der Waals surface area (Å²) in [5.41, 5.74) is -0.254. The molecule has 1 aromatic rings. The average Bonchev–Trinajstić information content (AvgIpc) is 2.89. The Bertz CT molecular complexity index is 560. The lowest BCUT2D eigenvalue weighted by atomic mass is 10.0. The van der Waals surface area contributed by atoms with Crippen LogP contribution in [0.25, 0.3) is 0 Å². The quantitative estimate of drug-likeness (QED) is 0.765. The minimum Gasteiger partial charge on any atom is -0.339 e. The Morgan fingerprint density at radius 3 is 2.41 bits per heavy atom. The monoisotopic (exact) mass is 255 g/mol. The molecule has 0 N–H and O–H groups in total. The molecule has 8 heteroatoms. The van der Waals surface area contributed by atoms with E-state index in [1.165, 1.54) is 16.8 Å². The first kappa shape index (κ1) is 10.8. The van der Waals surface area contributed by atoms with Crippen LogP contribution >= 0.6 is 0 Å². The fourth-order valence-corrected chi connectivity index (χ4v) is 3.42. The van der Waals surface area contributed by atoms with Crippen LogP contribution in [0.5, 0.6) is 0 Å². The van der Waals surface area contributed by atoms with Crippen molar-refractivity contribution in [2.75, 3.05) is 13.1 Å². The van der Waals surface area contributed by atoms with E-state index in [9.17, 15) is 8.42 Å². The molecule has 2 aliphatic rings. The van der Waals surface area contributed by atoms with Crippen molar-refractivity contribution in [3.63, 3.8) is 0 Å². The molecule has 3 heterocycles. The van der Waals surface area contributed by atoms with Crippen LogP contribution in [0.4, 0.5) is 0 Å². The number of sulfonamides is 1. The number of aryl methyl sites for hydroxylation is 1. The summed E-state index contributed by atoms with van der Waals surface area (Å²) in [4.78, 5) is 3.90. The van der Waals surface area contributed by atoms with Gasteiger partial charge in [-0.05, 0) is 0 Å². The van der Waals surface area contributed by atoms with Crippen molar-refractivity contribution >= 4 is 10.0 Å². The van der Waals surface area contributed by atoms with Crippen molar-refractivity contribution in [3.05, 3.63) is 12.5 Å². The van der Waals surface area contributed by atoms with Crippen molar-refractivity contribution in [1.29, 1.82) is 0 Å². The molecule has 0 amide bonds. The van der Waals surface area contributed by atoms with Gasteiger partial charge in [0.25, 0.3) is 10.0 Å². The molecule has 92 valence electrons. The van der Waals surface area contributed by atoms with E-state index in [0.29, 0.717) is 25.9 Å². The molecule has 1 fully saturated rings. The lowest BCUT2D eigenvalue weighted by molar-refractivity contribution is 0.294. The second-order valence-electron chi connectivity index (χ2n) is 4.46. The molecule has 0 aliphatic carbocycles. The highest BCUT2D eigenvalue weighted by atomic mass is 32.2. The third kappa shape index (κ3) is 1.77. The van der Waals surface area contributed by atoms with Crippen LogP contribution in [0, 0.1) is 0 Å². The minimum atomic E-state index is -3.45. The molecule has 3 rings (SSSR count). The Morgan fingerprint density at radius 1 is 1.29 bits per heavy atom. The molecule has 7 nitrogen and oxygen atoms in total. The summed E-state index contributed by atoms with van der Waals surface area (Å²) in [5, 5.41) is 8.05. The number of hydrogen-bond donors (Lipinski definition) is 0. The number of piperidine rings is 1. The molecule has 1 saturated heterocycles. The minimum absolute atomic E-state index is 0.112. The second-order valence-corrected chi connectivity index (χ2v) is 6.35. The summed E-state index contributed by atoms with van der Waals surface area (Å²) in [5.74, 6) is 0. The molecular formula is C9H13N5O2S. The van der Waals surface area contributed by atoms with Crippen molar-refractivity contribution < 1.29 is 8.42 Å². The summed E-state index contributed by atoms with van der Waals surface area (Å²) in [7, 11) is -1.70. The molecular weight excluding hydrogens is 242 g/mol. The van der Waals surface area contributed by atoms with Gasteiger partial charge < -0.3 is 4.57 Å². The second kappa shape index (κ2) is 3.36. The van der Waals surface area contributed by atoms with Gasteiger partial charge in [0, 0.05) is 39.2 Å². The number of aromatic nitrogens is 2. The Kier molecular flexibility index (Phi) is 2.14. The van der Waals surface area contributed by atoms with Gasteiger partial charge in [-0.3, -0.25) is 0 Å². The fourth-order valence-electron chi connectivity index (χ4n) is 2.01. The summed E-state index contributed by atoms with van der Waals surface area (Å²) in [6.07, 6.45) is 4.37. The van der Waals surface area contributed by atoms with Gasteiger partial charge in [-0.2, -0.15) is 14.5 Å². The number of imidazole rings is 1. The predicted molar refractivity (Wildman–Crippen MR) is 58.8 cm³/mol. The fraction of sp³-hybridized carbons (Fsp3) is 0.667. The molecule has 0 radical (unpaired) electrons. The molecule has 0 atom stereocenters. The van der Waals surface area contributed by atoms with Gasteiger partial charge in [-0.1, -0.05) is 0 Å². The van der Waals surface area contributed by atoms with Crippen molar-refractivity contribution in [1.82, 2.24) is 13.9 Å². The van der Waals surface area contributed by atoms with Crippen LogP contribution in [-0.4, -0.2) is 41.0 Å². The Balaban J connectivity index is 1.79. The summed E-state index contributed by atoms with van der Waals surface area (Å²) >= 11 is 0. The third-order valence-corrected chi connectivity index (χ3v) is 4.98. The highest BCUT2D eigenvalue weighted by Crippen LogP contribution is 2.39. The molecule has 1 aromatic heterocycles. The maximum absolute atomic E-state index is 12.2. The number of hydrogen-bond acceptors (Lipinski definition) is 5. The van der Waals surface area contributed by atoms with Gasteiger partial charge in [-0.25, -0.2) is 13.4 Å². The van der Waals surface area contributed by atoms with Crippen molar-refractivity contribution in [3.8, 4) is 0 Å². The van der Waals surface area contributed by atoms with E-state index in [4.69, 9.17) is 0 Å². The smallest absolute Gasteiger partial charge is 0.262 e. The normalized spacial score (nSPS) is 23.1. The average molecular weight is 255 g/mol. The van der Waals surface area contributed by atoms with Crippen molar-refractivity contribution in [2.24, 2.45) is 17.3 Å². The van der Waals surface area contributed by atoms with Gasteiger partial charge in [0.1, 0.15) is 0 Å². The van der Waals surface area contributed by atoms with Gasteiger partial charge in [0.05, 0.1) is 6.33 Å². The maximum atomic E-state index is 12.2. The molecule has 1 spiro atoms. The number of nitrogens with zero attached hydrogens (tertiary/aromatic N) is 5. The first-order valence-corrected chi connectivity index (χ1v) is 6.88. The summed E-state index contributed by atoms with van der Waals surface area (Å²) in [6, 6.07) is 0. The van der Waals surface area contributed by atoms with E-state index in [1.807, 2.05) is 0 Å². The molecule has 0 aromatic carbocycles. The van der Waals surface area contributed by atoms with Crippen LogP contribution in [0.15, 0.2) is 27.8 Å². The standard InChI is InChI=1S/C9H13N5O2S/c1-13-6-8(10-7-13)17(15,16)14-4-2-9(3-5-14)11-12-9/h6-7H,2-5H2,1H3. The van der Waals surface area contributed by atoms with Crippen LogP contribution in [0.1, 0.15) is 12.8 Å². The van der Waals surface area contributed by atoms with Crippen LogP contribution in [0.3, 0.4) is 0 Å². The first-order valence-electron chi connectivity index (χ1n) is 5.44. The zero-order chi connectivity index (χ0) is 12.1. The topological polar surface area (TPSA) is 79.9 Å². The van der Waals surface area contributed by atoms with E-state index in [1.54, 1.807) is 11.6 Å². The van der Waals surface area contributed by atoms with Crippen LogP contribution < -0.4 is 0 Å². The SMILES string of the molecule is Cn1cnc(S(=O)(=O)N2CCC3(CC2)N=N3)c1. The lowest BCUT2D eigenvalue weighted by Crippen LogP contribution is -2.41. The summed E-state index contributed by atoms with van der Waals surface area (Å²) in [6.45, 7) is 0.928. The molecule has 0 saturated carbocycles.